The predicted octanol–water partition coefficient (Wildman–Crippen LogP) is 4.74. The smallest absolute Gasteiger partial charge is 0.226 e. The van der Waals surface area contributed by atoms with E-state index in [0.717, 1.165) is 61.6 Å². The Kier molecular flexibility index (Phi) is 5.89. The average molecular weight is 452 g/mol. The van der Waals surface area contributed by atoms with E-state index in [1.54, 1.807) is 0 Å². The number of ether oxygens (including phenoxy) is 1. The standard InChI is InChI=1S/C21H34ClN5O2Si/c1-14-17-18(23-20(22)24-19(17)27(25-14)16-9-11-28-12-16)26-10-7-8-15(26)13-29-30(5,6)21(2,3)4/h15-16H,7-13H2,1-6H3. The van der Waals surface area contributed by atoms with Gasteiger partial charge < -0.3 is 14.1 Å². The monoisotopic (exact) mass is 451 g/mol. The van der Waals surface area contributed by atoms with Crippen molar-refractivity contribution in [1.29, 1.82) is 0 Å². The fourth-order valence-corrected chi connectivity index (χ4v) is 5.35. The summed E-state index contributed by atoms with van der Waals surface area (Å²) < 4.78 is 14.1. The van der Waals surface area contributed by atoms with Crippen molar-refractivity contribution in [3.63, 3.8) is 0 Å². The lowest BCUT2D eigenvalue weighted by Gasteiger charge is -2.38. The molecule has 0 radical (unpaired) electrons. The summed E-state index contributed by atoms with van der Waals surface area (Å²) in [5.74, 6) is 0.897. The van der Waals surface area contributed by atoms with E-state index in [-0.39, 0.29) is 16.4 Å². The highest BCUT2D eigenvalue weighted by Crippen LogP contribution is 2.38. The molecule has 4 rings (SSSR count). The summed E-state index contributed by atoms with van der Waals surface area (Å²) in [6.07, 6.45) is 3.17. The average Bonchev–Trinajstić information content (AvgIpc) is 3.38. The molecule has 2 aromatic heterocycles. The number of rotatable bonds is 5. The first-order chi connectivity index (χ1) is 14.1. The molecule has 4 heterocycles. The van der Waals surface area contributed by atoms with Crippen molar-refractivity contribution in [2.24, 2.45) is 0 Å². The third-order valence-corrected chi connectivity index (χ3v) is 11.7. The van der Waals surface area contributed by atoms with Crippen LogP contribution in [0.25, 0.3) is 11.0 Å². The summed E-state index contributed by atoms with van der Waals surface area (Å²) >= 11 is 6.40. The Morgan fingerprint density at radius 3 is 2.67 bits per heavy atom. The van der Waals surface area contributed by atoms with Gasteiger partial charge in [-0.15, -0.1) is 0 Å². The number of aromatic nitrogens is 4. The molecular weight excluding hydrogens is 418 g/mol. The molecular formula is C21H34ClN5O2Si. The summed E-state index contributed by atoms with van der Waals surface area (Å²) in [5, 5.41) is 6.29. The van der Waals surface area contributed by atoms with Crippen LogP contribution in [0.2, 0.25) is 23.4 Å². The Balaban J connectivity index is 1.66. The Hall–Kier alpha value is -1.22. The van der Waals surface area contributed by atoms with E-state index in [9.17, 15) is 0 Å². The van der Waals surface area contributed by atoms with Gasteiger partial charge in [-0.2, -0.15) is 15.1 Å². The maximum atomic E-state index is 6.57. The van der Waals surface area contributed by atoms with Gasteiger partial charge in [-0.1, -0.05) is 20.8 Å². The molecule has 0 aliphatic carbocycles. The van der Waals surface area contributed by atoms with Crippen molar-refractivity contribution in [3.05, 3.63) is 11.0 Å². The Morgan fingerprint density at radius 2 is 2.00 bits per heavy atom. The van der Waals surface area contributed by atoms with Crippen molar-refractivity contribution in [3.8, 4) is 0 Å². The number of nitrogens with zero attached hydrogens (tertiary/aromatic N) is 5. The minimum Gasteiger partial charge on any atom is -0.415 e. The molecule has 2 saturated heterocycles. The van der Waals surface area contributed by atoms with E-state index in [4.69, 9.17) is 25.9 Å². The molecule has 0 saturated carbocycles. The van der Waals surface area contributed by atoms with E-state index in [1.807, 2.05) is 11.6 Å². The fourth-order valence-electron chi connectivity index (χ4n) is 4.15. The van der Waals surface area contributed by atoms with Gasteiger partial charge in [-0.3, -0.25) is 0 Å². The lowest BCUT2D eigenvalue weighted by molar-refractivity contribution is 0.185. The zero-order valence-electron chi connectivity index (χ0n) is 19.0. The molecule has 0 aromatic carbocycles. The number of hydrogen-bond acceptors (Lipinski definition) is 6. The summed E-state index contributed by atoms with van der Waals surface area (Å²) in [6, 6.07) is 0.502. The Morgan fingerprint density at radius 1 is 1.23 bits per heavy atom. The van der Waals surface area contributed by atoms with Crippen LogP contribution in [0.1, 0.15) is 51.8 Å². The van der Waals surface area contributed by atoms with Crippen molar-refractivity contribution in [2.45, 2.75) is 77.2 Å². The van der Waals surface area contributed by atoms with Crippen molar-refractivity contribution in [2.75, 3.05) is 31.3 Å². The second-order valence-corrected chi connectivity index (χ2v) is 15.3. The van der Waals surface area contributed by atoms with Gasteiger partial charge in [0.2, 0.25) is 5.28 Å². The molecule has 9 heteroatoms. The van der Waals surface area contributed by atoms with Gasteiger partial charge in [0, 0.05) is 13.2 Å². The first-order valence-corrected chi connectivity index (χ1v) is 14.3. The van der Waals surface area contributed by atoms with Crippen LogP contribution in [-0.2, 0) is 9.16 Å². The quantitative estimate of drug-likeness (QED) is 0.483. The highest BCUT2D eigenvalue weighted by molar-refractivity contribution is 6.74. The van der Waals surface area contributed by atoms with Crippen LogP contribution in [0.5, 0.6) is 0 Å². The lowest BCUT2D eigenvalue weighted by atomic mass is 10.2. The molecule has 2 aliphatic rings. The zero-order valence-corrected chi connectivity index (χ0v) is 20.8. The van der Waals surface area contributed by atoms with Crippen molar-refractivity contribution < 1.29 is 9.16 Å². The maximum Gasteiger partial charge on any atom is 0.226 e. The minimum atomic E-state index is -1.81. The SMILES string of the molecule is Cc1nn(C2CCOC2)c2nc(Cl)nc(N3CCCC3CO[Si](C)(C)C(C)(C)C)c12. The first-order valence-electron chi connectivity index (χ1n) is 11.0. The Bertz CT molecular complexity index is 920. The van der Waals surface area contributed by atoms with Crippen LogP contribution in [0, 0.1) is 6.92 Å². The van der Waals surface area contributed by atoms with Gasteiger partial charge in [0.25, 0.3) is 0 Å². The van der Waals surface area contributed by atoms with E-state index >= 15 is 0 Å². The molecule has 2 aromatic rings. The molecule has 2 fully saturated rings. The third-order valence-electron chi connectivity index (χ3n) is 7.02. The van der Waals surface area contributed by atoms with Crippen LogP contribution in [0.15, 0.2) is 0 Å². The van der Waals surface area contributed by atoms with Gasteiger partial charge in [-0.05, 0) is 55.9 Å². The fraction of sp³-hybridized carbons (Fsp3) is 0.762. The van der Waals surface area contributed by atoms with Crippen molar-refractivity contribution >= 4 is 36.8 Å². The van der Waals surface area contributed by atoms with Gasteiger partial charge in [0.05, 0.1) is 36.4 Å². The van der Waals surface area contributed by atoms with Crippen LogP contribution in [0.3, 0.4) is 0 Å². The molecule has 2 unspecified atom stereocenters. The molecule has 0 spiro atoms. The molecule has 2 aliphatic heterocycles. The topological polar surface area (TPSA) is 65.3 Å². The largest absolute Gasteiger partial charge is 0.415 e. The molecule has 7 nitrogen and oxygen atoms in total. The normalized spacial score (nSPS) is 23.1. The molecule has 0 bridgehead atoms. The number of aryl methyl sites for hydroxylation is 1. The molecule has 2 atom stereocenters. The lowest BCUT2D eigenvalue weighted by Crippen LogP contribution is -2.45. The highest BCUT2D eigenvalue weighted by atomic mass is 35.5. The molecule has 166 valence electrons. The summed E-state index contributed by atoms with van der Waals surface area (Å²) in [5.41, 5.74) is 1.76. The van der Waals surface area contributed by atoms with Crippen LogP contribution in [0.4, 0.5) is 5.82 Å². The first kappa shape index (κ1) is 22.0. The zero-order chi connectivity index (χ0) is 21.7. The third kappa shape index (κ3) is 3.99. The van der Waals surface area contributed by atoms with E-state index in [0.29, 0.717) is 12.6 Å². The Labute approximate surface area is 185 Å². The predicted molar refractivity (Wildman–Crippen MR) is 123 cm³/mol. The minimum absolute atomic E-state index is 0.197. The van der Waals surface area contributed by atoms with Gasteiger partial charge >= 0.3 is 0 Å². The van der Waals surface area contributed by atoms with Crippen LogP contribution >= 0.6 is 11.6 Å². The highest BCUT2D eigenvalue weighted by Gasteiger charge is 2.39. The second-order valence-electron chi connectivity index (χ2n) is 10.1. The maximum absolute atomic E-state index is 6.57. The van der Waals surface area contributed by atoms with Gasteiger partial charge in [0.15, 0.2) is 14.0 Å². The van der Waals surface area contributed by atoms with Crippen molar-refractivity contribution in [1.82, 2.24) is 19.7 Å². The summed E-state index contributed by atoms with van der Waals surface area (Å²) in [6.45, 7) is 16.6. The number of anilines is 1. The van der Waals surface area contributed by atoms with E-state index in [2.05, 4.69) is 48.7 Å². The number of hydrogen-bond donors (Lipinski definition) is 0. The van der Waals surface area contributed by atoms with Crippen LogP contribution in [-0.4, -0.2) is 60.5 Å². The van der Waals surface area contributed by atoms with Gasteiger partial charge in [-0.25, -0.2) is 4.68 Å². The number of fused-ring (bicyclic) bond motifs is 1. The van der Waals surface area contributed by atoms with E-state index < -0.39 is 8.32 Å². The van der Waals surface area contributed by atoms with E-state index in [1.165, 1.54) is 0 Å². The summed E-state index contributed by atoms with van der Waals surface area (Å²) in [7, 11) is -1.81. The second kappa shape index (κ2) is 8.04. The number of halogens is 1. The summed E-state index contributed by atoms with van der Waals surface area (Å²) in [4.78, 5) is 11.6. The molecule has 30 heavy (non-hydrogen) atoms. The van der Waals surface area contributed by atoms with Crippen LogP contribution < -0.4 is 4.90 Å². The van der Waals surface area contributed by atoms with Gasteiger partial charge in [0.1, 0.15) is 5.82 Å². The molecule has 0 N–H and O–H groups in total. The molecule has 0 amide bonds.